The van der Waals surface area contributed by atoms with Crippen LogP contribution in [0.25, 0.3) is 27.8 Å². The van der Waals surface area contributed by atoms with Crippen LogP contribution >= 0.6 is 23.2 Å². The normalized spacial score (nSPS) is 11.1. The van der Waals surface area contributed by atoms with Crippen LogP contribution in [0.3, 0.4) is 0 Å². The first kappa shape index (κ1) is 17.6. The fourth-order valence-electron chi connectivity index (χ4n) is 3.00. The monoisotopic (exact) mass is 402 g/mol. The number of rotatable bonds is 2. The first-order chi connectivity index (χ1) is 13.0. The van der Waals surface area contributed by atoms with Crippen molar-refractivity contribution in [3.63, 3.8) is 0 Å². The largest absolute Gasteiger partial charge is 0.274 e. The number of halogens is 4. The van der Waals surface area contributed by atoms with Gasteiger partial charge in [-0.1, -0.05) is 29.3 Å². The van der Waals surface area contributed by atoms with Gasteiger partial charge in [0.25, 0.3) is 5.56 Å². The lowest BCUT2D eigenvalue weighted by Crippen LogP contribution is -2.18. The molecule has 0 spiro atoms. The smallest absolute Gasteiger partial charge is 0.255 e. The molecule has 0 aliphatic rings. The molecule has 2 heterocycles. The molecule has 0 fully saturated rings. The van der Waals surface area contributed by atoms with Crippen LogP contribution in [0, 0.1) is 11.6 Å². The molecule has 0 unspecified atom stereocenters. The number of hydrogen-bond acceptors (Lipinski definition) is 2. The minimum absolute atomic E-state index is 0.123. The number of fused-ring (bicyclic) bond motifs is 1. The summed E-state index contributed by atoms with van der Waals surface area (Å²) in [5.74, 6) is -1.43. The van der Waals surface area contributed by atoms with E-state index in [1.165, 1.54) is 22.9 Å². The third-order valence-corrected chi connectivity index (χ3v) is 4.78. The average Bonchev–Trinajstić information content (AvgIpc) is 2.63. The van der Waals surface area contributed by atoms with Crippen LogP contribution < -0.4 is 5.56 Å². The first-order valence-corrected chi connectivity index (χ1v) is 8.63. The lowest BCUT2D eigenvalue weighted by molar-refractivity contribution is 0.585. The molecule has 3 nitrogen and oxygen atoms in total. The second kappa shape index (κ2) is 6.76. The molecular weight excluding hydrogens is 393 g/mol. The van der Waals surface area contributed by atoms with Gasteiger partial charge in [0.2, 0.25) is 0 Å². The Morgan fingerprint density at radius 3 is 2.37 bits per heavy atom. The van der Waals surface area contributed by atoms with Crippen LogP contribution in [-0.2, 0) is 0 Å². The molecule has 0 N–H and O–H groups in total. The standard InChI is InChI=1S/C20H10Cl2F2N2O/c21-14-2-1-3-15(22)20(14)26-17-8-9-25-19(13(17)6-7-18(26)27)12-5-4-11(23)10-16(12)24/h1-10H. The third kappa shape index (κ3) is 2.99. The van der Waals surface area contributed by atoms with Crippen molar-refractivity contribution in [3.05, 3.63) is 92.8 Å². The lowest BCUT2D eigenvalue weighted by atomic mass is 10.1. The van der Waals surface area contributed by atoms with Crippen molar-refractivity contribution in [3.8, 4) is 16.9 Å². The minimum atomic E-state index is -0.747. The van der Waals surface area contributed by atoms with E-state index in [0.29, 0.717) is 26.6 Å². The highest BCUT2D eigenvalue weighted by atomic mass is 35.5. The molecule has 2 aromatic heterocycles. The summed E-state index contributed by atoms with van der Waals surface area (Å²) in [6.07, 6.45) is 1.45. The fourth-order valence-corrected chi connectivity index (χ4v) is 3.57. The number of hydrogen-bond donors (Lipinski definition) is 0. The number of nitrogens with zero attached hydrogens (tertiary/aromatic N) is 2. The molecule has 0 saturated heterocycles. The Morgan fingerprint density at radius 1 is 0.926 bits per heavy atom. The van der Waals surface area contributed by atoms with Crippen LogP contribution in [0.15, 0.2) is 65.6 Å². The molecule has 134 valence electrons. The Bertz CT molecular complexity index is 1230. The Morgan fingerprint density at radius 2 is 1.67 bits per heavy atom. The van der Waals surface area contributed by atoms with E-state index >= 15 is 0 Å². The summed E-state index contributed by atoms with van der Waals surface area (Å²) in [6.45, 7) is 0. The molecule has 0 aliphatic heterocycles. The molecule has 0 saturated carbocycles. The maximum absolute atomic E-state index is 14.3. The van der Waals surface area contributed by atoms with Crippen molar-refractivity contribution in [2.24, 2.45) is 0 Å². The van der Waals surface area contributed by atoms with Gasteiger partial charge in [0, 0.05) is 29.3 Å². The molecule has 0 bridgehead atoms. The molecule has 0 radical (unpaired) electrons. The molecule has 0 amide bonds. The van der Waals surface area contributed by atoms with E-state index in [4.69, 9.17) is 23.2 Å². The number of para-hydroxylation sites is 1. The third-order valence-electron chi connectivity index (χ3n) is 4.17. The van der Waals surface area contributed by atoms with E-state index in [0.717, 1.165) is 12.1 Å². The molecule has 0 atom stereocenters. The van der Waals surface area contributed by atoms with Crippen LogP contribution in [0.5, 0.6) is 0 Å². The van der Waals surface area contributed by atoms with Gasteiger partial charge in [-0.05, 0) is 36.4 Å². The highest BCUT2D eigenvalue weighted by Gasteiger charge is 2.17. The zero-order valence-electron chi connectivity index (χ0n) is 13.6. The van der Waals surface area contributed by atoms with E-state index < -0.39 is 11.6 Å². The molecule has 7 heteroatoms. The maximum Gasteiger partial charge on any atom is 0.255 e. The number of benzene rings is 2. The lowest BCUT2D eigenvalue weighted by Gasteiger charge is -2.15. The first-order valence-electron chi connectivity index (χ1n) is 7.88. The van der Waals surface area contributed by atoms with Gasteiger partial charge >= 0.3 is 0 Å². The molecule has 27 heavy (non-hydrogen) atoms. The van der Waals surface area contributed by atoms with Crippen LogP contribution in [-0.4, -0.2) is 9.55 Å². The second-order valence-electron chi connectivity index (χ2n) is 5.79. The maximum atomic E-state index is 14.3. The average molecular weight is 403 g/mol. The second-order valence-corrected chi connectivity index (χ2v) is 6.61. The highest BCUT2D eigenvalue weighted by Crippen LogP contribution is 2.33. The number of pyridine rings is 2. The topological polar surface area (TPSA) is 34.9 Å². The van der Waals surface area contributed by atoms with Gasteiger partial charge < -0.3 is 0 Å². The summed E-state index contributed by atoms with van der Waals surface area (Å²) in [4.78, 5) is 16.8. The van der Waals surface area contributed by atoms with E-state index in [9.17, 15) is 13.6 Å². The quantitative estimate of drug-likeness (QED) is 0.434. The zero-order valence-corrected chi connectivity index (χ0v) is 15.1. The molecule has 4 aromatic rings. The Labute approximate surface area is 162 Å². The summed E-state index contributed by atoms with van der Waals surface area (Å²) >= 11 is 12.5. The van der Waals surface area contributed by atoms with Gasteiger partial charge in [-0.25, -0.2) is 8.78 Å². The fraction of sp³-hybridized carbons (Fsp3) is 0. The van der Waals surface area contributed by atoms with Gasteiger partial charge in [0.1, 0.15) is 11.6 Å². The zero-order chi connectivity index (χ0) is 19.1. The Balaban J connectivity index is 2.09. The van der Waals surface area contributed by atoms with E-state index in [2.05, 4.69) is 4.98 Å². The van der Waals surface area contributed by atoms with E-state index in [1.807, 2.05) is 0 Å². The van der Waals surface area contributed by atoms with Gasteiger partial charge in [0.05, 0.1) is 26.9 Å². The van der Waals surface area contributed by atoms with Crippen LogP contribution in [0.4, 0.5) is 8.78 Å². The summed E-state index contributed by atoms with van der Waals surface area (Å²) in [5, 5.41) is 1.09. The van der Waals surface area contributed by atoms with Crippen molar-refractivity contribution in [2.45, 2.75) is 0 Å². The summed E-state index contributed by atoms with van der Waals surface area (Å²) in [7, 11) is 0. The summed E-state index contributed by atoms with van der Waals surface area (Å²) < 4.78 is 28.9. The Hall–Kier alpha value is -2.76. The molecule has 4 rings (SSSR count). The Kier molecular flexibility index (Phi) is 4.42. The summed E-state index contributed by atoms with van der Waals surface area (Å²) in [5.41, 5.74) is 0.827. The van der Waals surface area contributed by atoms with Gasteiger partial charge in [-0.2, -0.15) is 0 Å². The molecular formula is C20H10Cl2F2N2O. The van der Waals surface area contributed by atoms with Gasteiger partial charge in [-0.3, -0.25) is 14.3 Å². The van der Waals surface area contributed by atoms with Crippen molar-refractivity contribution in [2.75, 3.05) is 0 Å². The van der Waals surface area contributed by atoms with E-state index in [-0.39, 0.29) is 16.8 Å². The minimum Gasteiger partial charge on any atom is -0.274 e. The molecule has 2 aromatic carbocycles. The van der Waals surface area contributed by atoms with Crippen LogP contribution in [0.1, 0.15) is 0 Å². The van der Waals surface area contributed by atoms with Crippen molar-refractivity contribution in [1.29, 1.82) is 0 Å². The van der Waals surface area contributed by atoms with Crippen molar-refractivity contribution >= 4 is 34.1 Å². The van der Waals surface area contributed by atoms with Crippen LogP contribution in [0.2, 0.25) is 10.0 Å². The van der Waals surface area contributed by atoms with E-state index in [1.54, 1.807) is 30.3 Å². The predicted octanol–water partition coefficient (Wildman–Crippen LogP) is 5.64. The number of aromatic nitrogens is 2. The van der Waals surface area contributed by atoms with Crippen molar-refractivity contribution < 1.29 is 8.78 Å². The molecule has 0 aliphatic carbocycles. The predicted molar refractivity (Wildman–Crippen MR) is 103 cm³/mol. The SMILES string of the molecule is O=c1ccc2c(-c3ccc(F)cc3F)nccc2n1-c1c(Cl)cccc1Cl. The van der Waals surface area contributed by atoms with Crippen molar-refractivity contribution in [1.82, 2.24) is 9.55 Å². The summed E-state index contributed by atoms with van der Waals surface area (Å²) in [6, 6.07) is 12.7. The highest BCUT2D eigenvalue weighted by molar-refractivity contribution is 6.37. The van der Waals surface area contributed by atoms with Gasteiger partial charge in [-0.15, -0.1) is 0 Å². The van der Waals surface area contributed by atoms with Gasteiger partial charge in [0.15, 0.2) is 0 Å².